The second-order valence-corrected chi connectivity index (χ2v) is 4.42. The molecule has 0 aliphatic heterocycles. The highest BCUT2D eigenvalue weighted by molar-refractivity contribution is 7.09. The first kappa shape index (κ1) is 8.74. The van der Waals surface area contributed by atoms with Gasteiger partial charge in [0.05, 0.1) is 0 Å². The number of anilines is 2. The number of rotatable bonds is 4. The molecule has 1 aromatic rings. The second kappa shape index (κ2) is 3.14. The molecule has 1 saturated carbocycles. The van der Waals surface area contributed by atoms with Crippen molar-refractivity contribution in [2.24, 2.45) is 5.41 Å². The average molecular weight is 198 g/mol. The van der Waals surface area contributed by atoms with Crippen LogP contribution in [-0.2, 0) is 0 Å². The van der Waals surface area contributed by atoms with E-state index in [1.807, 2.05) is 0 Å². The van der Waals surface area contributed by atoms with Gasteiger partial charge in [0, 0.05) is 18.1 Å². The number of hydrogen-bond donors (Lipinski definition) is 2. The van der Waals surface area contributed by atoms with Gasteiger partial charge in [-0.25, -0.2) is 0 Å². The van der Waals surface area contributed by atoms with Gasteiger partial charge in [-0.1, -0.05) is 6.92 Å². The summed E-state index contributed by atoms with van der Waals surface area (Å²) in [6.07, 6.45) is 3.92. The lowest BCUT2D eigenvalue weighted by molar-refractivity contribution is 0.521. The van der Waals surface area contributed by atoms with Crippen molar-refractivity contribution in [3.8, 4) is 0 Å². The van der Waals surface area contributed by atoms with Gasteiger partial charge < -0.3 is 11.1 Å². The van der Waals surface area contributed by atoms with Crippen molar-refractivity contribution in [2.45, 2.75) is 26.2 Å². The Morgan fingerprint density at radius 3 is 2.85 bits per heavy atom. The van der Waals surface area contributed by atoms with Gasteiger partial charge in [-0.2, -0.15) is 9.36 Å². The predicted octanol–water partition coefficient (Wildman–Crippen LogP) is 1.72. The highest BCUT2D eigenvalue weighted by Crippen LogP contribution is 2.48. The summed E-state index contributed by atoms with van der Waals surface area (Å²) in [6, 6.07) is 0. The molecule has 2 rings (SSSR count). The summed E-state index contributed by atoms with van der Waals surface area (Å²) in [6.45, 7) is 3.25. The minimum Gasteiger partial charge on any atom is -0.367 e. The Kier molecular flexibility index (Phi) is 2.11. The zero-order valence-electron chi connectivity index (χ0n) is 7.71. The third kappa shape index (κ3) is 1.91. The lowest BCUT2D eigenvalue weighted by atomic mass is 10.0. The van der Waals surface area contributed by atoms with Gasteiger partial charge in [0.15, 0.2) is 0 Å². The molecule has 72 valence electrons. The van der Waals surface area contributed by atoms with Crippen LogP contribution in [0.3, 0.4) is 0 Å². The smallest absolute Gasteiger partial charge is 0.233 e. The van der Waals surface area contributed by atoms with Crippen LogP contribution in [0.4, 0.5) is 11.1 Å². The normalized spacial score (nSPS) is 18.5. The molecule has 5 heteroatoms. The Labute approximate surface area is 81.7 Å². The van der Waals surface area contributed by atoms with Gasteiger partial charge >= 0.3 is 0 Å². The minimum atomic E-state index is 0.369. The van der Waals surface area contributed by atoms with Crippen LogP contribution in [0.1, 0.15) is 26.2 Å². The number of nitrogens with zero attached hydrogens (tertiary/aromatic N) is 2. The number of hydrogen-bond acceptors (Lipinski definition) is 5. The van der Waals surface area contributed by atoms with E-state index in [9.17, 15) is 0 Å². The number of nitrogens with one attached hydrogen (secondary N) is 1. The fraction of sp³-hybridized carbons (Fsp3) is 0.750. The van der Waals surface area contributed by atoms with Gasteiger partial charge in [0.2, 0.25) is 11.1 Å². The number of aromatic nitrogens is 2. The summed E-state index contributed by atoms with van der Waals surface area (Å²) in [5.41, 5.74) is 5.96. The first-order valence-corrected chi connectivity index (χ1v) is 5.34. The van der Waals surface area contributed by atoms with Crippen LogP contribution >= 0.6 is 11.5 Å². The van der Waals surface area contributed by atoms with Crippen molar-refractivity contribution >= 4 is 22.6 Å². The first-order valence-electron chi connectivity index (χ1n) is 4.57. The third-order valence-electron chi connectivity index (χ3n) is 2.76. The summed E-state index contributed by atoms with van der Waals surface area (Å²) in [4.78, 5) is 4.05. The minimum absolute atomic E-state index is 0.369. The lowest BCUT2D eigenvalue weighted by Gasteiger charge is -2.11. The zero-order chi connectivity index (χ0) is 9.31. The van der Waals surface area contributed by atoms with Crippen LogP contribution < -0.4 is 11.1 Å². The van der Waals surface area contributed by atoms with Gasteiger partial charge in [-0.05, 0) is 24.7 Å². The van der Waals surface area contributed by atoms with Gasteiger partial charge in [0.25, 0.3) is 0 Å². The van der Waals surface area contributed by atoms with E-state index in [-0.39, 0.29) is 0 Å². The molecule has 0 aromatic carbocycles. The van der Waals surface area contributed by atoms with Gasteiger partial charge in [-0.3, -0.25) is 0 Å². The van der Waals surface area contributed by atoms with Gasteiger partial charge in [0.1, 0.15) is 0 Å². The first-order chi connectivity index (χ1) is 6.24. The van der Waals surface area contributed by atoms with Crippen molar-refractivity contribution in [3.05, 3.63) is 0 Å². The Morgan fingerprint density at radius 1 is 1.62 bits per heavy atom. The molecule has 1 aliphatic carbocycles. The van der Waals surface area contributed by atoms with Crippen LogP contribution in [-0.4, -0.2) is 15.9 Å². The molecule has 0 bridgehead atoms. The van der Waals surface area contributed by atoms with E-state index < -0.39 is 0 Å². The standard InChI is InChI=1S/C8H14N4S/c1-2-8(3-4-8)5-10-7-11-6(9)12-13-7/h2-5H2,1H3,(H3,9,10,11,12). The zero-order valence-corrected chi connectivity index (χ0v) is 8.52. The molecular formula is C8H14N4S. The average Bonchev–Trinajstić information content (AvgIpc) is 2.81. The van der Waals surface area contributed by atoms with Crippen molar-refractivity contribution in [3.63, 3.8) is 0 Å². The highest BCUT2D eigenvalue weighted by atomic mass is 32.1. The van der Waals surface area contributed by atoms with E-state index in [1.54, 1.807) is 0 Å². The van der Waals surface area contributed by atoms with E-state index in [2.05, 4.69) is 21.6 Å². The lowest BCUT2D eigenvalue weighted by Crippen LogP contribution is -2.14. The molecule has 0 spiro atoms. The van der Waals surface area contributed by atoms with E-state index in [0.717, 1.165) is 11.7 Å². The van der Waals surface area contributed by atoms with Crippen molar-refractivity contribution in [1.82, 2.24) is 9.36 Å². The fourth-order valence-corrected chi connectivity index (χ4v) is 1.89. The molecule has 3 N–H and O–H groups in total. The van der Waals surface area contributed by atoms with Crippen LogP contribution in [0.25, 0.3) is 0 Å². The summed E-state index contributed by atoms with van der Waals surface area (Å²) >= 11 is 1.33. The van der Waals surface area contributed by atoms with Crippen LogP contribution in [0.5, 0.6) is 0 Å². The molecular weight excluding hydrogens is 184 g/mol. The molecule has 4 nitrogen and oxygen atoms in total. The summed E-state index contributed by atoms with van der Waals surface area (Å²) < 4.78 is 3.91. The molecule has 1 aromatic heterocycles. The van der Waals surface area contributed by atoms with E-state index in [1.165, 1.54) is 30.8 Å². The molecule has 0 unspecified atom stereocenters. The topological polar surface area (TPSA) is 63.8 Å². The molecule has 1 aliphatic rings. The Balaban J connectivity index is 1.86. The van der Waals surface area contributed by atoms with Crippen molar-refractivity contribution in [1.29, 1.82) is 0 Å². The predicted molar refractivity (Wildman–Crippen MR) is 54.8 cm³/mol. The second-order valence-electron chi connectivity index (χ2n) is 3.66. The molecule has 13 heavy (non-hydrogen) atoms. The molecule has 1 heterocycles. The van der Waals surface area contributed by atoms with Crippen molar-refractivity contribution < 1.29 is 0 Å². The Hall–Kier alpha value is -0.840. The van der Waals surface area contributed by atoms with E-state index in [4.69, 9.17) is 5.73 Å². The maximum atomic E-state index is 5.41. The Morgan fingerprint density at radius 2 is 2.38 bits per heavy atom. The summed E-state index contributed by atoms with van der Waals surface area (Å²) in [5, 5.41) is 4.13. The fourth-order valence-electron chi connectivity index (χ4n) is 1.40. The van der Waals surface area contributed by atoms with Crippen molar-refractivity contribution in [2.75, 3.05) is 17.6 Å². The molecule has 0 saturated heterocycles. The van der Waals surface area contributed by atoms with Gasteiger partial charge in [-0.15, -0.1) is 0 Å². The monoisotopic (exact) mass is 198 g/mol. The maximum absolute atomic E-state index is 5.41. The third-order valence-corrected chi connectivity index (χ3v) is 3.45. The highest BCUT2D eigenvalue weighted by Gasteiger charge is 2.40. The number of nitrogen functional groups attached to an aromatic ring is 1. The summed E-state index contributed by atoms with van der Waals surface area (Å²) in [7, 11) is 0. The van der Waals surface area contributed by atoms with Crippen LogP contribution in [0.2, 0.25) is 0 Å². The quantitative estimate of drug-likeness (QED) is 0.773. The van der Waals surface area contributed by atoms with Crippen LogP contribution in [0, 0.1) is 5.41 Å². The maximum Gasteiger partial charge on any atom is 0.233 e. The molecule has 0 amide bonds. The summed E-state index contributed by atoms with van der Waals surface area (Å²) in [5.74, 6) is 0.369. The van der Waals surface area contributed by atoms with E-state index >= 15 is 0 Å². The molecule has 0 radical (unpaired) electrons. The van der Waals surface area contributed by atoms with Crippen LogP contribution in [0.15, 0.2) is 0 Å². The SMILES string of the molecule is CCC1(CNc2nc(N)ns2)CC1. The molecule has 1 fully saturated rings. The Bertz CT molecular complexity index is 292. The van der Waals surface area contributed by atoms with E-state index in [0.29, 0.717) is 11.4 Å². The molecule has 0 atom stereocenters. The largest absolute Gasteiger partial charge is 0.367 e. The number of nitrogens with two attached hydrogens (primary N) is 1.